The van der Waals surface area contributed by atoms with Crippen LogP contribution < -0.4 is 5.32 Å². The number of nitrogens with zero attached hydrogens (tertiary/aromatic N) is 3. The van der Waals surface area contributed by atoms with Crippen molar-refractivity contribution in [1.82, 2.24) is 20.1 Å². The Bertz CT molecular complexity index is 785. The fraction of sp³-hybridized carbons (Fsp3) is 0.476. The van der Waals surface area contributed by atoms with Gasteiger partial charge >= 0.3 is 0 Å². The van der Waals surface area contributed by atoms with Crippen LogP contribution in [0.15, 0.2) is 40.9 Å². The SMILES string of the molecule is COCCNC(=O)CN1CCN(C(=O)CCc2ncc(-c3ccccc3)o2)CC1. The summed E-state index contributed by atoms with van der Waals surface area (Å²) in [7, 11) is 1.60. The molecule has 156 valence electrons. The van der Waals surface area contributed by atoms with Crippen molar-refractivity contribution in [3.05, 3.63) is 42.4 Å². The Labute approximate surface area is 170 Å². The van der Waals surface area contributed by atoms with E-state index in [0.717, 1.165) is 5.56 Å². The van der Waals surface area contributed by atoms with Gasteiger partial charge in [0.15, 0.2) is 11.7 Å². The summed E-state index contributed by atoms with van der Waals surface area (Å²) in [6.07, 6.45) is 2.55. The maximum Gasteiger partial charge on any atom is 0.234 e. The predicted molar refractivity (Wildman–Crippen MR) is 108 cm³/mol. The molecule has 3 rings (SSSR count). The Morgan fingerprint density at radius 2 is 1.93 bits per heavy atom. The molecule has 1 aromatic heterocycles. The average Bonchev–Trinajstić information content (AvgIpc) is 3.22. The lowest BCUT2D eigenvalue weighted by Crippen LogP contribution is -2.51. The van der Waals surface area contributed by atoms with Crippen LogP contribution in [0.3, 0.4) is 0 Å². The van der Waals surface area contributed by atoms with Gasteiger partial charge in [-0.3, -0.25) is 14.5 Å². The summed E-state index contributed by atoms with van der Waals surface area (Å²) in [5.74, 6) is 1.36. The molecule has 2 amide bonds. The monoisotopic (exact) mass is 400 g/mol. The van der Waals surface area contributed by atoms with E-state index in [1.807, 2.05) is 35.2 Å². The molecule has 1 aliphatic rings. The standard InChI is InChI=1S/C21H28N4O4/c1-28-14-9-22-19(26)16-24-10-12-25(13-11-24)21(27)8-7-20-23-15-18(29-20)17-5-3-2-4-6-17/h2-6,15H,7-14,16H2,1H3,(H,22,26). The second-order valence-corrected chi connectivity index (χ2v) is 6.98. The molecule has 0 aliphatic carbocycles. The van der Waals surface area contributed by atoms with E-state index in [1.165, 1.54) is 0 Å². The molecule has 8 nitrogen and oxygen atoms in total. The predicted octanol–water partition coefficient (Wildman–Crippen LogP) is 1.18. The normalized spacial score (nSPS) is 14.7. The minimum atomic E-state index is -0.0139. The van der Waals surface area contributed by atoms with Gasteiger partial charge in [-0.25, -0.2) is 4.98 Å². The molecule has 8 heteroatoms. The number of piperazine rings is 1. The number of hydrogen-bond donors (Lipinski definition) is 1. The van der Waals surface area contributed by atoms with Gasteiger partial charge in [0, 0.05) is 58.2 Å². The van der Waals surface area contributed by atoms with Gasteiger partial charge in [-0.1, -0.05) is 30.3 Å². The van der Waals surface area contributed by atoms with Gasteiger partial charge in [-0.2, -0.15) is 0 Å². The number of rotatable bonds is 9. The van der Waals surface area contributed by atoms with E-state index < -0.39 is 0 Å². The Morgan fingerprint density at radius 1 is 1.17 bits per heavy atom. The lowest BCUT2D eigenvalue weighted by molar-refractivity contribution is -0.133. The maximum atomic E-state index is 12.5. The Hall–Kier alpha value is -2.71. The molecule has 0 saturated carbocycles. The van der Waals surface area contributed by atoms with E-state index in [0.29, 0.717) is 70.4 Å². The number of ether oxygens (including phenoxy) is 1. The number of benzene rings is 1. The number of aryl methyl sites for hydroxylation is 1. The highest BCUT2D eigenvalue weighted by atomic mass is 16.5. The zero-order valence-electron chi connectivity index (χ0n) is 16.8. The molecule has 1 aliphatic heterocycles. The van der Waals surface area contributed by atoms with Crippen LogP contribution in [0.4, 0.5) is 0 Å². The number of methoxy groups -OCH3 is 1. The van der Waals surface area contributed by atoms with Crippen molar-refractivity contribution >= 4 is 11.8 Å². The molecule has 0 spiro atoms. The van der Waals surface area contributed by atoms with E-state index in [9.17, 15) is 9.59 Å². The zero-order chi connectivity index (χ0) is 20.5. The maximum absolute atomic E-state index is 12.5. The van der Waals surface area contributed by atoms with Crippen molar-refractivity contribution in [1.29, 1.82) is 0 Å². The first-order chi connectivity index (χ1) is 14.2. The third-order valence-electron chi connectivity index (χ3n) is 4.89. The zero-order valence-corrected chi connectivity index (χ0v) is 16.8. The van der Waals surface area contributed by atoms with Gasteiger partial charge in [-0.05, 0) is 0 Å². The quantitative estimate of drug-likeness (QED) is 0.636. The van der Waals surface area contributed by atoms with Crippen LogP contribution in [0.5, 0.6) is 0 Å². The molecule has 1 N–H and O–H groups in total. The molecule has 1 fully saturated rings. The summed E-state index contributed by atoms with van der Waals surface area (Å²) in [6, 6.07) is 9.78. The second-order valence-electron chi connectivity index (χ2n) is 6.98. The van der Waals surface area contributed by atoms with E-state index in [1.54, 1.807) is 13.3 Å². The van der Waals surface area contributed by atoms with E-state index >= 15 is 0 Å². The molecule has 0 unspecified atom stereocenters. The average molecular weight is 400 g/mol. The fourth-order valence-electron chi connectivity index (χ4n) is 3.24. The minimum absolute atomic E-state index is 0.0139. The summed E-state index contributed by atoms with van der Waals surface area (Å²) in [4.78, 5) is 32.6. The lowest BCUT2D eigenvalue weighted by atomic mass is 10.2. The molecule has 0 radical (unpaired) electrons. The highest BCUT2D eigenvalue weighted by Gasteiger charge is 2.22. The summed E-state index contributed by atoms with van der Waals surface area (Å²) in [5, 5.41) is 2.81. The van der Waals surface area contributed by atoms with Gasteiger partial charge in [0.1, 0.15) is 0 Å². The van der Waals surface area contributed by atoms with Crippen molar-refractivity contribution < 1.29 is 18.7 Å². The smallest absolute Gasteiger partial charge is 0.234 e. The number of carbonyl (C=O) groups is 2. The van der Waals surface area contributed by atoms with Crippen molar-refractivity contribution in [2.24, 2.45) is 0 Å². The van der Waals surface area contributed by atoms with Crippen LogP contribution >= 0.6 is 0 Å². The van der Waals surface area contributed by atoms with Crippen LogP contribution in [0.25, 0.3) is 11.3 Å². The molecular weight excluding hydrogens is 372 g/mol. The van der Waals surface area contributed by atoms with Crippen LogP contribution in [0.2, 0.25) is 0 Å². The summed E-state index contributed by atoms with van der Waals surface area (Å²) in [6.45, 7) is 4.02. The molecule has 29 heavy (non-hydrogen) atoms. The second kappa shape index (κ2) is 10.7. The van der Waals surface area contributed by atoms with Gasteiger partial charge < -0.3 is 19.4 Å². The minimum Gasteiger partial charge on any atom is -0.441 e. The highest BCUT2D eigenvalue weighted by molar-refractivity contribution is 5.78. The first-order valence-corrected chi connectivity index (χ1v) is 9.91. The summed E-state index contributed by atoms with van der Waals surface area (Å²) >= 11 is 0. The van der Waals surface area contributed by atoms with Crippen molar-refractivity contribution in [3.8, 4) is 11.3 Å². The van der Waals surface area contributed by atoms with E-state index in [4.69, 9.17) is 9.15 Å². The number of amides is 2. The Morgan fingerprint density at radius 3 is 2.66 bits per heavy atom. The Balaban J connectivity index is 1.38. The summed E-state index contributed by atoms with van der Waals surface area (Å²) in [5.41, 5.74) is 0.972. The van der Waals surface area contributed by atoms with Gasteiger partial charge in [0.05, 0.1) is 19.3 Å². The van der Waals surface area contributed by atoms with Gasteiger partial charge in [-0.15, -0.1) is 0 Å². The van der Waals surface area contributed by atoms with E-state index in [-0.39, 0.29) is 11.8 Å². The number of carbonyl (C=O) groups excluding carboxylic acids is 2. The number of oxazole rings is 1. The summed E-state index contributed by atoms with van der Waals surface area (Å²) < 4.78 is 10.7. The van der Waals surface area contributed by atoms with Crippen LogP contribution in [-0.4, -0.2) is 79.6 Å². The Kier molecular flexibility index (Phi) is 7.77. The van der Waals surface area contributed by atoms with Crippen molar-refractivity contribution in [3.63, 3.8) is 0 Å². The number of hydrogen-bond acceptors (Lipinski definition) is 6. The first-order valence-electron chi connectivity index (χ1n) is 9.91. The van der Waals surface area contributed by atoms with Crippen molar-refractivity contribution in [2.75, 3.05) is 53.0 Å². The lowest BCUT2D eigenvalue weighted by Gasteiger charge is -2.34. The van der Waals surface area contributed by atoms with Crippen LogP contribution in [0, 0.1) is 0 Å². The molecule has 1 aromatic carbocycles. The van der Waals surface area contributed by atoms with Gasteiger partial charge in [0.25, 0.3) is 0 Å². The number of aromatic nitrogens is 1. The van der Waals surface area contributed by atoms with Crippen LogP contribution in [0.1, 0.15) is 12.3 Å². The number of nitrogens with one attached hydrogen (secondary N) is 1. The van der Waals surface area contributed by atoms with Gasteiger partial charge in [0.2, 0.25) is 11.8 Å². The third-order valence-corrected chi connectivity index (χ3v) is 4.89. The first kappa shape index (κ1) is 21.0. The van der Waals surface area contributed by atoms with E-state index in [2.05, 4.69) is 15.2 Å². The molecular formula is C21H28N4O4. The van der Waals surface area contributed by atoms with Crippen LogP contribution in [-0.2, 0) is 20.7 Å². The highest BCUT2D eigenvalue weighted by Crippen LogP contribution is 2.20. The fourth-order valence-corrected chi connectivity index (χ4v) is 3.24. The third kappa shape index (κ3) is 6.40. The molecule has 0 bridgehead atoms. The molecule has 2 heterocycles. The molecule has 0 atom stereocenters. The van der Waals surface area contributed by atoms with Crippen molar-refractivity contribution in [2.45, 2.75) is 12.8 Å². The molecule has 2 aromatic rings. The molecule has 1 saturated heterocycles. The topological polar surface area (TPSA) is 87.9 Å². The largest absolute Gasteiger partial charge is 0.441 e.